The molecule has 0 spiro atoms. The van der Waals surface area contributed by atoms with E-state index in [0.29, 0.717) is 17.2 Å². The lowest BCUT2D eigenvalue weighted by Gasteiger charge is -2.32. The SMILES string of the molecule is CC1Oc2ccccc2N(CC(=O)Nc2c(F)cccc2Oc2ccccc2)C1=O. The highest BCUT2D eigenvalue weighted by Gasteiger charge is 2.32. The number of halogens is 1. The van der Waals surface area contributed by atoms with E-state index in [-0.39, 0.29) is 23.9 Å². The molecule has 30 heavy (non-hydrogen) atoms. The van der Waals surface area contributed by atoms with Gasteiger partial charge in [-0.2, -0.15) is 0 Å². The summed E-state index contributed by atoms with van der Waals surface area (Å²) in [5, 5.41) is 2.54. The van der Waals surface area contributed by atoms with Gasteiger partial charge in [-0.25, -0.2) is 4.39 Å². The van der Waals surface area contributed by atoms with Gasteiger partial charge in [0.25, 0.3) is 5.91 Å². The predicted molar refractivity (Wildman–Crippen MR) is 110 cm³/mol. The van der Waals surface area contributed by atoms with E-state index in [4.69, 9.17) is 9.47 Å². The Balaban J connectivity index is 1.56. The molecule has 0 aromatic heterocycles. The van der Waals surface area contributed by atoms with Crippen molar-refractivity contribution in [3.05, 3.63) is 78.6 Å². The second kappa shape index (κ2) is 8.24. The van der Waals surface area contributed by atoms with Crippen LogP contribution in [0, 0.1) is 5.82 Å². The molecule has 1 N–H and O–H groups in total. The highest BCUT2D eigenvalue weighted by Crippen LogP contribution is 2.34. The van der Waals surface area contributed by atoms with Crippen LogP contribution < -0.4 is 19.7 Å². The van der Waals surface area contributed by atoms with Crippen molar-refractivity contribution in [1.29, 1.82) is 0 Å². The number of nitrogens with zero attached hydrogens (tertiary/aromatic N) is 1. The van der Waals surface area contributed by atoms with Crippen molar-refractivity contribution in [2.75, 3.05) is 16.8 Å². The van der Waals surface area contributed by atoms with Crippen molar-refractivity contribution in [2.45, 2.75) is 13.0 Å². The van der Waals surface area contributed by atoms with E-state index >= 15 is 0 Å². The number of rotatable bonds is 5. The minimum absolute atomic E-state index is 0.0894. The first-order valence-corrected chi connectivity index (χ1v) is 9.41. The van der Waals surface area contributed by atoms with Crippen LogP contribution in [0.4, 0.5) is 15.8 Å². The van der Waals surface area contributed by atoms with Crippen LogP contribution in [0.15, 0.2) is 72.8 Å². The number of para-hydroxylation sites is 4. The summed E-state index contributed by atoms with van der Waals surface area (Å²) in [5.74, 6) is -0.370. The number of carbonyl (C=O) groups excluding carboxylic acids is 2. The number of hydrogen-bond donors (Lipinski definition) is 1. The van der Waals surface area contributed by atoms with Gasteiger partial charge in [-0.15, -0.1) is 0 Å². The molecular weight excluding hydrogens is 387 g/mol. The largest absolute Gasteiger partial charge is 0.479 e. The van der Waals surface area contributed by atoms with Crippen molar-refractivity contribution in [3.63, 3.8) is 0 Å². The molecule has 1 aliphatic heterocycles. The average molecular weight is 406 g/mol. The topological polar surface area (TPSA) is 67.9 Å². The molecule has 6 nitrogen and oxygen atoms in total. The lowest BCUT2D eigenvalue weighted by molar-refractivity contribution is -0.127. The molecule has 1 aliphatic rings. The number of hydrogen-bond acceptors (Lipinski definition) is 4. The van der Waals surface area contributed by atoms with Crippen LogP contribution in [-0.4, -0.2) is 24.5 Å². The van der Waals surface area contributed by atoms with Crippen molar-refractivity contribution >= 4 is 23.2 Å². The standard InChI is InChI=1S/C23H19FN2O4/c1-15-23(28)26(18-11-5-6-12-19(18)29-15)14-21(27)25-22-17(24)10-7-13-20(22)30-16-8-3-2-4-9-16/h2-13,15H,14H2,1H3,(H,25,27). The summed E-state index contributed by atoms with van der Waals surface area (Å²) in [6.45, 7) is 1.33. The fourth-order valence-corrected chi connectivity index (χ4v) is 3.17. The highest BCUT2D eigenvalue weighted by atomic mass is 19.1. The summed E-state index contributed by atoms with van der Waals surface area (Å²) in [4.78, 5) is 26.6. The molecule has 0 fully saturated rings. The van der Waals surface area contributed by atoms with Gasteiger partial charge in [0.15, 0.2) is 17.7 Å². The zero-order valence-electron chi connectivity index (χ0n) is 16.2. The van der Waals surface area contributed by atoms with Crippen molar-refractivity contribution in [1.82, 2.24) is 0 Å². The first kappa shape index (κ1) is 19.4. The molecule has 0 aliphatic carbocycles. The van der Waals surface area contributed by atoms with Gasteiger partial charge in [0, 0.05) is 0 Å². The lowest BCUT2D eigenvalue weighted by Crippen LogP contribution is -2.47. The van der Waals surface area contributed by atoms with Crippen molar-refractivity contribution < 1.29 is 23.5 Å². The minimum Gasteiger partial charge on any atom is -0.479 e. The van der Waals surface area contributed by atoms with Gasteiger partial charge >= 0.3 is 0 Å². The van der Waals surface area contributed by atoms with Crippen LogP contribution in [0.1, 0.15) is 6.92 Å². The monoisotopic (exact) mass is 406 g/mol. The Labute approximate surface area is 172 Å². The molecule has 152 valence electrons. The molecule has 3 aromatic rings. The van der Waals surface area contributed by atoms with Gasteiger partial charge in [-0.3, -0.25) is 14.5 Å². The van der Waals surface area contributed by atoms with Crippen LogP contribution >= 0.6 is 0 Å². The number of anilines is 2. The fraction of sp³-hybridized carbons (Fsp3) is 0.130. The molecule has 4 rings (SSSR count). The molecule has 0 bridgehead atoms. The maximum atomic E-state index is 14.5. The van der Waals surface area contributed by atoms with E-state index < -0.39 is 17.8 Å². The van der Waals surface area contributed by atoms with Gasteiger partial charge < -0.3 is 14.8 Å². The molecule has 7 heteroatoms. The number of benzene rings is 3. The van der Waals surface area contributed by atoms with E-state index in [1.165, 1.54) is 17.0 Å². The van der Waals surface area contributed by atoms with Crippen LogP contribution in [0.2, 0.25) is 0 Å². The lowest BCUT2D eigenvalue weighted by atomic mass is 10.2. The van der Waals surface area contributed by atoms with Gasteiger partial charge in [0.2, 0.25) is 5.91 Å². The van der Waals surface area contributed by atoms with Crippen LogP contribution in [0.25, 0.3) is 0 Å². The second-order valence-corrected chi connectivity index (χ2v) is 6.73. The first-order chi connectivity index (χ1) is 14.5. The van der Waals surface area contributed by atoms with Crippen LogP contribution in [-0.2, 0) is 9.59 Å². The van der Waals surface area contributed by atoms with Crippen LogP contribution in [0.5, 0.6) is 17.2 Å². The highest BCUT2D eigenvalue weighted by molar-refractivity contribution is 6.06. The van der Waals surface area contributed by atoms with Crippen molar-refractivity contribution in [3.8, 4) is 17.2 Å². The first-order valence-electron chi connectivity index (χ1n) is 9.41. The predicted octanol–water partition coefficient (Wildman–Crippen LogP) is 4.37. The van der Waals surface area contributed by atoms with E-state index in [9.17, 15) is 14.0 Å². The normalized spacial score (nSPS) is 15.2. The smallest absolute Gasteiger partial charge is 0.268 e. The summed E-state index contributed by atoms with van der Waals surface area (Å²) in [7, 11) is 0. The second-order valence-electron chi connectivity index (χ2n) is 6.73. The number of carbonyl (C=O) groups is 2. The molecule has 2 amide bonds. The maximum Gasteiger partial charge on any atom is 0.268 e. The summed E-state index contributed by atoms with van der Waals surface area (Å²) < 4.78 is 25.8. The third-order valence-corrected chi connectivity index (χ3v) is 4.59. The Kier molecular flexibility index (Phi) is 5.34. The van der Waals surface area contributed by atoms with Gasteiger partial charge in [0.05, 0.1) is 5.69 Å². The van der Waals surface area contributed by atoms with Gasteiger partial charge in [0.1, 0.15) is 23.7 Å². The van der Waals surface area contributed by atoms with Crippen molar-refractivity contribution in [2.24, 2.45) is 0 Å². The third-order valence-electron chi connectivity index (χ3n) is 4.59. The maximum absolute atomic E-state index is 14.5. The molecule has 0 radical (unpaired) electrons. The van der Waals surface area contributed by atoms with E-state index in [1.807, 2.05) is 6.07 Å². The summed E-state index contributed by atoms with van der Waals surface area (Å²) in [5.41, 5.74) is 0.401. The minimum atomic E-state index is -0.724. The molecule has 1 unspecified atom stereocenters. The zero-order chi connectivity index (χ0) is 21.1. The number of fused-ring (bicyclic) bond motifs is 1. The number of ether oxygens (including phenoxy) is 2. The summed E-state index contributed by atoms with van der Waals surface area (Å²) in [6.07, 6.45) is -0.724. The quantitative estimate of drug-likeness (QED) is 0.683. The van der Waals surface area contributed by atoms with E-state index in [1.54, 1.807) is 61.5 Å². The number of nitrogens with one attached hydrogen (secondary N) is 1. The third kappa shape index (κ3) is 3.96. The zero-order valence-corrected chi connectivity index (χ0v) is 16.2. The molecule has 3 aromatic carbocycles. The Hall–Kier alpha value is -3.87. The average Bonchev–Trinajstić information content (AvgIpc) is 2.74. The Morgan fingerprint density at radius 1 is 1.07 bits per heavy atom. The fourth-order valence-electron chi connectivity index (χ4n) is 3.17. The molecule has 0 saturated carbocycles. The summed E-state index contributed by atoms with van der Waals surface area (Å²) >= 11 is 0. The van der Waals surface area contributed by atoms with Gasteiger partial charge in [-0.1, -0.05) is 36.4 Å². The molecular formula is C23H19FN2O4. The Bertz CT molecular complexity index is 1090. The van der Waals surface area contributed by atoms with E-state index in [2.05, 4.69) is 5.32 Å². The van der Waals surface area contributed by atoms with Crippen LogP contribution in [0.3, 0.4) is 0 Å². The molecule has 1 heterocycles. The Morgan fingerprint density at radius 2 is 1.80 bits per heavy atom. The van der Waals surface area contributed by atoms with Gasteiger partial charge in [-0.05, 0) is 43.3 Å². The summed E-state index contributed by atoms with van der Waals surface area (Å²) in [6, 6.07) is 20.1. The van der Waals surface area contributed by atoms with E-state index in [0.717, 1.165) is 0 Å². The Morgan fingerprint density at radius 3 is 2.60 bits per heavy atom. The molecule has 1 atom stereocenters. The molecule has 0 saturated heterocycles. The number of amides is 2.